The summed E-state index contributed by atoms with van der Waals surface area (Å²) in [4.78, 5) is 165. The van der Waals surface area contributed by atoms with Gasteiger partial charge in [-0.25, -0.2) is 24.0 Å². The van der Waals surface area contributed by atoms with Gasteiger partial charge in [0.25, 0.3) is 35.4 Å². The maximum atomic E-state index is 12.5. The van der Waals surface area contributed by atoms with Crippen LogP contribution in [-0.2, 0) is 56.8 Å². The minimum Gasteiger partial charge on any atom is -0.481 e. The third kappa shape index (κ3) is 23.8. The van der Waals surface area contributed by atoms with Crippen LogP contribution in [0.25, 0.3) is 11.1 Å². The van der Waals surface area contributed by atoms with Gasteiger partial charge in [-0.3, -0.25) is 48.8 Å². The van der Waals surface area contributed by atoms with E-state index in [1.165, 1.54) is 85.3 Å². The smallest absolute Gasteiger partial charge is 0.461 e. The van der Waals surface area contributed by atoms with Crippen molar-refractivity contribution in [3.8, 4) is 11.1 Å². The molecule has 34 nitrogen and oxygen atoms in total. The summed E-state index contributed by atoms with van der Waals surface area (Å²) in [7, 11) is -0.0602. The van der Waals surface area contributed by atoms with E-state index in [0.29, 0.717) is 99.1 Å². The van der Waals surface area contributed by atoms with Gasteiger partial charge >= 0.3 is 56.5 Å². The van der Waals surface area contributed by atoms with Crippen molar-refractivity contribution >= 4 is 92.0 Å². The van der Waals surface area contributed by atoms with Crippen molar-refractivity contribution in [3.63, 3.8) is 0 Å². The summed E-state index contributed by atoms with van der Waals surface area (Å²) >= 11 is 0. The normalized spacial score (nSPS) is 22.9. The molecular weight excluding hydrogens is 1830 g/mol. The molecule has 10 aliphatic heterocycles. The lowest BCUT2D eigenvalue weighted by atomic mass is 9.47. The number of carboxylic acids is 2. The fraction of sp³-hybridized carbons (Fsp3) is 0.598. The predicted octanol–water partition coefficient (Wildman–Crippen LogP) is 18.0. The van der Waals surface area contributed by atoms with E-state index >= 15 is 0 Å². The molecule has 5 aliphatic carbocycles. The van der Waals surface area contributed by atoms with Gasteiger partial charge in [0.15, 0.2) is 0 Å². The summed E-state index contributed by atoms with van der Waals surface area (Å²) in [6.45, 7) is 43.3. The van der Waals surface area contributed by atoms with Gasteiger partial charge in [0, 0.05) is 58.3 Å². The quantitative estimate of drug-likeness (QED) is 0.0417. The van der Waals surface area contributed by atoms with Crippen molar-refractivity contribution in [2.24, 2.45) is 38.9 Å². The van der Waals surface area contributed by atoms with Gasteiger partial charge in [-0.05, 0) is 345 Å². The summed E-state index contributed by atoms with van der Waals surface area (Å²) in [5.41, 5.74) is 4.42. The fourth-order valence-corrected chi connectivity index (χ4v) is 21.9. The molecular formula is C107H142B2N8O26. The van der Waals surface area contributed by atoms with E-state index in [2.05, 4.69) is 85.0 Å². The topological polar surface area (TPSA) is 421 Å². The van der Waals surface area contributed by atoms with E-state index in [-0.39, 0.29) is 133 Å². The number of likely N-dealkylation sites (tertiary alicyclic amines) is 4. The lowest BCUT2D eigenvalue weighted by Crippen LogP contribution is -2.51. The van der Waals surface area contributed by atoms with Crippen molar-refractivity contribution < 1.29 is 125 Å². The van der Waals surface area contributed by atoms with Crippen LogP contribution in [0.1, 0.15) is 319 Å². The average molecular weight is 1980 g/mol. The lowest BCUT2D eigenvalue weighted by molar-refractivity contribution is -0.183. The van der Waals surface area contributed by atoms with Gasteiger partial charge < -0.3 is 77.5 Å². The molecule has 4 spiro atoms. The maximum absolute atomic E-state index is 12.5. The molecule has 10 amide bonds. The number of piperidine rings is 5. The highest BCUT2D eigenvalue weighted by molar-refractivity contribution is 6.48. The molecule has 36 heteroatoms. The molecule has 20 rings (SSSR count). The van der Waals surface area contributed by atoms with E-state index < -0.39 is 75.6 Å². The Morgan fingerprint density at radius 1 is 0.364 bits per heavy atom. The van der Waals surface area contributed by atoms with Crippen LogP contribution in [0.5, 0.6) is 0 Å². The molecule has 5 aromatic rings. The Bertz CT molecular complexity index is 5350. The number of rotatable bonds is 8. The highest BCUT2D eigenvalue weighted by atomic mass is 16.7. The number of carbonyl (C=O) groups is 13. The van der Waals surface area contributed by atoms with E-state index in [1.807, 2.05) is 91.5 Å². The first kappa shape index (κ1) is 108. The number of nitrogens with one attached hydrogen (secondary N) is 1. The third-order valence-electron chi connectivity index (χ3n) is 32.0. The second-order valence-electron chi connectivity index (χ2n) is 46.7. The van der Waals surface area contributed by atoms with Crippen LogP contribution in [0.2, 0.25) is 11.6 Å². The summed E-state index contributed by atoms with van der Waals surface area (Å²) in [6.07, 6.45) is 15.7. The lowest BCUT2D eigenvalue weighted by Gasteiger charge is -2.52. The number of imide groups is 3. The first-order valence-corrected chi connectivity index (χ1v) is 50.3. The Morgan fingerprint density at radius 3 is 0.930 bits per heavy atom. The molecule has 143 heavy (non-hydrogen) atoms. The Hall–Kier alpha value is -11.1. The van der Waals surface area contributed by atoms with Crippen molar-refractivity contribution in [1.29, 1.82) is 0 Å². The summed E-state index contributed by atoms with van der Waals surface area (Å²) in [5.74, 6) is -5.26. The summed E-state index contributed by atoms with van der Waals surface area (Å²) < 4.78 is 46.7. The van der Waals surface area contributed by atoms with Crippen LogP contribution in [0.3, 0.4) is 0 Å². The minimum atomic E-state index is -0.797. The standard InChI is InChI=1S/C22H26N2O6.C22H23NO4.C19H34BNO4.C14H26BNO2.C14H23NO4.2C8H5NO3/c1-21(2,3)29-20(28)23-10-8-22(9-11-23)12-14(13-22)19(27)30-24-17(25)15-6-4-5-7-16(15)18(24)26;1-22(20(24)25)10-12-23(13-11-22)21(26)27-14-19-17-8-4-2-6-15(17)16-7-3-5-9-18(16)19;1-16(2,3)23-15(22)21-10-8-19(9-11-21)12-14(13-19)20-24-17(4,5)18(6,7)25-20;1-12(2)13(3,4)18-15(17-12)11-9-14(10-11)5-7-16-8-6-14;1-13(2,3)19-12(18)15-6-4-14(5-7-15)8-10(9-14)11(16)17;2*10-7-5-3-1-2-4-6(5)8(11)9(7)12/h4-7,14H,8-13H2,1-3H3;2-9,19H,10-14H2,1H3,(H,24,25);14H,8-13H2,1-7H3;11,16H,5-10H2,1-4H3;10H,4-9H2,1-3H3,(H,16,17);2*1-4,12H. The molecule has 772 valence electrons. The number of amides is 10. The molecule has 0 aromatic heterocycles. The number of nitrogens with zero attached hydrogens (tertiary/aromatic N) is 7. The largest absolute Gasteiger partial charge is 0.481 e. The Kier molecular flexibility index (Phi) is 31.2. The first-order valence-electron chi connectivity index (χ1n) is 50.3. The summed E-state index contributed by atoms with van der Waals surface area (Å²) in [5, 5.41) is 40.4. The van der Waals surface area contributed by atoms with Gasteiger partial charge in [0.1, 0.15) is 23.4 Å². The van der Waals surface area contributed by atoms with Crippen molar-refractivity contribution in [1.82, 2.24) is 40.1 Å². The monoisotopic (exact) mass is 1980 g/mol. The number of aliphatic carboxylic acids is 2. The molecule has 10 heterocycles. The molecule has 7 saturated heterocycles. The molecule has 4 saturated carbocycles. The Labute approximate surface area is 838 Å². The Morgan fingerprint density at radius 2 is 0.629 bits per heavy atom. The van der Waals surface area contributed by atoms with E-state index in [4.69, 9.17) is 57.9 Å². The molecule has 15 aliphatic rings. The van der Waals surface area contributed by atoms with Gasteiger partial charge in [-0.2, -0.15) is 0 Å². The maximum Gasteiger partial charge on any atom is 0.461 e. The number of ether oxygens (including phenoxy) is 4. The second-order valence-corrected chi connectivity index (χ2v) is 46.7. The van der Waals surface area contributed by atoms with Crippen LogP contribution in [0, 0.1) is 38.9 Å². The third-order valence-corrected chi connectivity index (χ3v) is 32.0. The van der Waals surface area contributed by atoms with Crippen LogP contribution < -0.4 is 5.32 Å². The summed E-state index contributed by atoms with van der Waals surface area (Å²) in [6, 6.07) is 35.5. The van der Waals surface area contributed by atoms with Crippen molar-refractivity contribution in [2.45, 2.75) is 297 Å². The molecule has 0 radical (unpaired) electrons. The molecule has 0 atom stereocenters. The number of hydroxylamine groups is 6. The second kappa shape index (κ2) is 41.4. The zero-order valence-electron chi connectivity index (χ0n) is 86.0. The highest BCUT2D eigenvalue weighted by Crippen LogP contribution is 2.62. The highest BCUT2D eigenvalue weighted by Gasteiger charge is 2.62. The average Bonchev–Trinajstić information content (AvgIpc) is 1.66. The molecule has 5 aromatic carbocycles. The Balaban J connectivity index is 0.000000135. The van der Waals surface area contributed by atoms with Crippen LogP contribution >= 0.6 is 0 Å². The number of carbonyl (C=O) groups excluding carboxylic acids is 11. The molecule has 5 N–H and O–H groups in total. The fourth-order valence-electron chi connectivity index (χ4n) is 21.9. The van der Waals surface area contributed by atoms with Gasteiger partial charge in [0.05, 0.1) is 73.0 Å². The number of fused-ring (bicyclic) bond motifs is 6. The van der Waals surface area contributed by atoms with Crippen molar-refractivity contribution in [3.05, 3.63) is 166 Å². The minimum absolute atomic E-state index is 0.00416. The zero-order chi connectivity index (χ0) is 104. The van der Waals surface area contributed by atoms with Crippen LogP contribution in [-0.4, -0.2) is 259 Å². The number of hydrogen-bond donors (Lipinski definition) is 5. The predicted molar refractivity (Wildman–Crippen MR) is 526 cm³/mol. The van der Waals surface area contributed by atoms with Crippen LogP contribution in [0.4, 0.5) is 19.2 Å². The zero-order valence-corrected chi connectivity index (χ0v) is 86.0. The van der Waals surface area contributed by atoms with Gasteiger partial charge in [-0.1, -0.05) is 90.0 Å². The molecule has 11 fully saturated rings. The molecule has 0 unspecified atom stereocenters. The van der Waals surface area contributed by atoms with E-state index in [1.54, 1.807) is 70.2 Å². The number of carboxylic acid groups (broad SMARTS) is 2. The van der Waals surface area contributed by atoms with Gasteiger partial charge in [-0.15, -0.1) is 10.1 Å². The SMILES string of the molecule is CC(C)(C)OC(=O)N1CCC2(CC1)CC(B1OC(C)(C)C(C)(C)O1)C2.CC(C)(C)OC(=O)N1CCC2(CC1)CC(C(=O)O)C2.CC(C)(C)OC(=O)N1CCC2(CC1)CC(C(=O)ON1C(=O)c3ccccc3C1=O)C2.CC1(C(=O)O)CCN(C(=O)OCC2c3ccccc3-c3ccccc32)CC1.CC1(C)OB(C2CC3(CCNCC3)C2)OC1(C)C.O=C1c2ccccc2C(=O)N1O.O=C1c2ccccc2C(=O)N1O. The van der Waals surface area contributed by atoms with E-state index in [0.717, 1.165) is 77.3 Å². The van der Waals surface area contributed by atoms with Gasteiger partial charge in [0.2, 0.25) is 0 Å². The molecule has 0 bridgehead atoms. The first-order chi connectivity index (χ1) is 66.9. The van der Waals surface area contributed by atoms with E-state index in [9.17, 15) is 67.4 Å². The number of hydrogen-bond acceptors (Lipinski definition) is 25. The van der Waals surface area contributed by atoms with Crippen molar-refractivity contribution in [2.75, 3.05) is 72.1 Å². The van der Waals surface area contributed by atoms with Crippen LogP contribution in [0.15, 0.2) is 121 Å². The number of benzene rings is 5.